The number of anilines is 2. The van der Waals surface area contributed by atoms with Crippen molar-refractivity contribution in [1.82, 2.24) is 0 Å². The summed E-state index contributed by atoms with van der Waals surface area (Å²) >= 11 is 6.27. The summed E-state index contributed by atoms with van der Waals surface area (Å²) in [4.78, 5) is 28.7. The molecule has 3 aromatic carbocycles. The fourth-order valence-electron chi connectivity index (χ4n) is 4.61. The van der Waals surface area contributed by atoms with Gasteiger partial charge in [-0.25, -0.2) is 0 Å². The molecule has 9 heteroatoms. The maximum absolute atomic E-state index is 13.7. The summed E-state index contributed by atoms with van der Waals surface area (Å²) in [6.07, 6.45) is 0.595. The zero-order valence-electron chi connectivity index (χ0n) is 21.1. The van der Waals surface area contributed by atoms with Gasteiger partial charge in [0.25, 0.3) is 0 Å². The van der Waals surface area contributed by atoms with Crippen LogP contribution in [0.25, 0.3) is 0 Å². The molecule has 194 valence electrons. The van der Waals surface area contributed by atoms with E-state index in [1.54, 1.807) is 62.6 Å². The maximum atomic E-state index is 13.7. The van der Waals surface area contributed by atoms with Crippen LogP contribution < -0.4 is 29.2 Å². The number of amides is 2. The minimum atomic E-state index is -0.594. The van der Waals surface area contributed by atoms with E-state index in [0.29, 0.717) is 45.8 Å². The molecule has 8 nitrogen and oxygen atoms in total. The third kappa shape index (κ3) is 5.44. The second-order valence-corrected chi connectivity index (χ2v) is 8.91. The summed E-state index contributed by atoms with van der Waals surface area (Å²) in [6.45, 7) is 0. The van der Waals surface area contributed by atoms with Crippen LogP contribution in [0.5, 0.6) is 23.0 Å². The number of ether oxygens (including phenoxy) is 4. The molecule has 0 saturated carbocycles. The predicted octanol–water partition coefficient (Wildman–Crippen LogP) is 5.50. The third-order valence-corrected chi connectivity index (χ3v) is 6.75. The molecule has 1 N–H and O–H groups in total. The molecule has 2 atom stereocenters. The van der Waals surface area contributed by atoms with Crippen molar-refractivity contribution < 1.29 is 28.5 Å². The van der Waals surface area contributed by atoms with Crippen molar-refractivity contribution in [2.24, 2.45) is 5.92 Å². The van der Waals surface area contributed by atoms with Crippen molar-refractivity contribution in [2.75, 3.05) is 38.7 Å². The molecule has 4 rings (SSSR count). The van der Waals surface area contributed by atoms with Gasteiger partial charge in [0.2, 0.25) is 11.8 Å². The van der Waals surface area contributed by atoms with Crippen LogP contribution in [-0.4, -0.2) is 40.3 Å². The van der Waals surface area contributed by atoms with Crippen LogP contribution in [0.2, 0.25) is 5.02 Å². The van der Waals surface area contributed by atoms with E-state index in [4.69, 9.17) is 30.5 Å². The van der Waals surface area contributed by atoms with Crippen molar-refractivity contribution in [3.8, 4) is 23.0 Å². The van der Waals surface area contributed by atoms with Gasteiger partial charge < -0.3 is 29.2 Å². The van der Waals surface area contributed by atoms with Crippen molar-refractivity contribution in [1.29, 1.82) is 0 Å². The standard InChI is InChI=1S/C28H29ClN2O6/c1-34-20-9-7-19(8-10-20)31-26(32)14-11-21(27(31)17-5-12-24(36-3)25(15-17)37-4)28(33)30-18-6-13-23(35-2)22(29)16-18/h5-10,12-13,15-16,21,27H,11,14H2,1-4H3,(H,30,33). The highest BCUT2D eigenvalue weighted by atomic mass is 35.5. The Bertz CT molecular complexity index is 1280. The van der Waals surface area contributed by atoms with Gasteiger partial charge in [0.1, 0.15) is 11.5 Å². The van der Waals surface area contributed by atoms with Gasteiger partial charge in [-0.15, -0.1) is 0 Å². The van der Waals surface area contributed by atoms with E-state index in [1.807, 2.05) is 24.3 Å². The number of carbonyl (C=O) groups excluding carboxylic acids is 2. The van der Waals surface area contributed by atoms with Crippen molar-refractivity contribution >= 4 is 34.8 Å². The van der Waals surface area contributed by atoms with Gasteiger partial charge in [-0.1, -0.05) is 17.7 Å². The van der Waals surface area contributed by atoms with Crippen LogP contribution in [0.4, 0.5) is 11.4 Å². The van der Waals surface area contributed by atoms with Crippen LogP contribution in [0.1, 0.15) is 24.4 Å². The Morgan fingerprint density at radius 1 is 0.865 bits per heavy atom. The molecule has 2 amide bonds. The zero-order chi connectivity index (χ0) is 26.5. The lowest BCUT2D eigenvalue weighted by atomic mass is 9.83. The van der Waals surface area contributed by atoms with Crippen molar-refractivity contribution in [3.05, 3.63) is 71.2 Å². The predicted molar refractivity (Wildman–Crippen MR) is 142 cm³/mol. The molecule has 0 aliphatic carbocycles. The number of rotatable bonds is 8. The molecule has 1 aliphatic rings. The van der Waals surface area contributed by atoms with E-state index in [1.165, 1.54) is 7.11 Å². The molecule has 1 saturated heterocycles. The van der Waals surface area contributed by atoms with Gasteiger partial charge in [0, 0.05) is 17.8 Å². The first-order valence-electron chi connectivity index (χ1n) is 11.7. The van der Waals surface area contributed by atoms with E-state index in [-0.39, 0.29) is 18.2 Å². The molecule has 0 spiro atoms. The van der Waals surface area contributed by atoms with E-state index in [0.717, 1.165) is 5.56 Å². The fraction of sp³-hybridized carbons (Fsp3) is 0.286. The van der Waals surface area contributed by atoms with Crippen LogP contribution >= 0.6 is 11.6 Å². The highest BCUT2D eigenvalue weighted by Crippen LogP contribution is 2.43. The molecule has 1 aliphatic heterocycles. The van der Waals surface area contributed by atoms with E-state index >= 15 is 0 Å². The number of nitrogens with one attached hydrogen (secondary N) is 1. The summed E-state index contributed by atoms with van der Waals surface area (Å²) in [7, 11) is 6.22. The van der Waals surface area contributed by atoms with Crippen LogP contribution in [0.15, 0.2) is 60.7 Å². The van der Waals surface area contributed by atoms with E-state index in [2.05, 4.69) is 5.32 Å². The number of nitrogens with zero attached hydrogens (tertiary/aromatic N) is 1. The molecule has 0 aromatic heterocycles. The average Bonchev–Trinajstić information content (AvgIpc) is 2.92. The lowest BCUT2D eigenvalue weighted by Crippen LogP contribution is -2.47. The zero-order valence-corrected chi connectivity index (χ0v) is 21.9. The Morgan fingerprint density at radius 2 is 1.54 bits per heavy atom. The fourth-order valence-corrected chi connectivity index (χ4v) is 4.87. The van der Waals surface area contributed by atoms with Gasteiger partial charge in [-0.2, -0.15) is 0 Å². The number of piperidine rings is 1. The number of hydrogen-bond donors (Lipinski definition) is 1. The number of benzene rings is 3. The van der Waals surface area contributed by atoms with Crippen molar-refractivity contribution in [3.63, 3.8) is 0 Å². The first-order valence-corrected chi connectivity index (χ1v) is 12.1. The number of hydrogen-bond acceptors (Lipinski definition) is 6. The topological polar surface area (TPSA) is 86.3 Å². The minimum absolute atomic E-state index is 0.0820. The molecular weight excluding hydrogens is 496 g/mol. The molecule has 0 radical (unpaired) electrons. The highest BCUT2D eigenvalue weighted by Gasteiger charge is 2.42. The monoisotopic (exact) mass is 524 g/mol. The van der Waals surface area contributed by atoms with Gasteiger partial charge in [0.05, 0.1) is 45.4 Å². The molecular formula is C28H29ClN2O6. The molecule has 3 aromatic rings. The first-order chi connectivity index (χ1) is 17.9. The van der Waals surface area contributed by atoms with Crippen molar-refractivity contribution in [2.45, 2.75) is 18.9 Å². The molecule has 37 heavy (non-hydrogen) atoms. The Balaban J connectivity index is 1.76. The maximum Gasteiger partial charge on any atom is 0.229 e. The number of halogens is 1. The SMILES string of the molecule is COc1ccc(N2C(=O)CCC(C(=O)Nc3ccc(OC)c(Cl)c3)C2c2ccc(OC)c(OC)c2)cc1. The van der Waals surface area contributed by atoms with E-state index < -0.39 is 12.0 Å². The number of methoxy groups -OCH3 is 4. The highest BCUT2D eigenvalue weighted by molar-refractivity contribution is 6.32. The second kappa shape index (κ2) is 11.4. The van der Waals surface area contributed by atoms with Crippen LogP contribution in [0, 0.1) is 5.92 Å². The lowest BCUT2D eigenvalue weighted by Gasteiger charge is -2.41. The average molecular weight is 525 g/mol. The molecule has 0 bridgehead atoms. The Morgan fingerprint density at radius 3 is 2.16 bits per heavy atom. The normalized spacial score (nSPS) is 17.2. The first kappa shape index (κ1) is 26.2. The lowest BCUT2D eigenvalue weighted by molar-refractivity contribution is -0.125. The van der Waals surface area contributed by atoms with Gasteiger partial charge >= 0.3 is 0 Å². The Kier molecular flexibility index (Phi) is 8.08. The van der Waals surface area contributed by atoms with Gasteiger partial charge in [0.15, 0.2) is 11.5 Å². The summed E-state index contributed by atoms with van der Waals surface area (Å²) < 4.78 is 21.4. The summed E-state index contributed by atoms with van der Waals surface area (Å²) in [5.74, 6) is 1.37. The van der Waals surface area contributed by atoms with Gasteiger partial charge in [-0.05, 0) is 66.6 Å². The van der Waals surface area contributed by atoms with Gasteiger partial charge in [-0.3, -0.25) is 9.59 Å². The minimum Gasteiger partial charge on any atom is -0.497 e. The summed E-state index contributed by atoms with van der Waals surface area (Å²) in [6, 6.07) is 17.1. The smallest absolute Gasteiger partial charge is 0.229 e. The quantitative estimate of drug-likeness (QED) is 0.419. The summed E-state index contributed by atoms with van der Waals surface area (Å²) in [5.41, 5.74) is 1.94. The Labute approximate surface area is 221 Å². The largest absolute Gasteiger partial charge is 0.497 e. The molecule has 1 fully saturated rings. The van der Waals surface area contributed by atoms with Crippen LogP contribution in [0.3, 0.4) is 0 Å². The van der Waals surface area contributed by atoms with Crippen LogP contribution in [-0.2, 0) is 9.59 Å². The van der Waals surface area contributed by atoms with E-state index in [9.17, 15) is 9.59 Å². The number of carbonyl (C=O) groups is 2. The Hall–Kier alpha value is -3.91. The molecule has 2 unspecified atom stereocenters. The molecule has 1 heterocycles. The second-order valence-electron chi connectivity index (χ2n) is 8.50. The third-order valence-electron chi connectivity index (χ3n) is 6.45. The summed E-state index contributed by atoms with van der Waals surface area (Å²) in [5, 5.41) is 3.35.